The third kappa shape index (κ3) is 4.56. The van der Waals surface area contributed by atoms with Gasteiger partial charge in [0.25, 0.3) is 0 Å². The molecule has 0 bridgehead atoms. The summed E-state index contributed by atoms with van der Waals surface area (Å²) in [5.41, 5.74) is 15.0. The molecule has 1 aliphatic heterocycles. The van der Waals surface area contributed by atoms with E-state index in [4.69, 9.17) is 9.41 Å². The number of anilines is 3. The number of hydrogen-bond donors (Lipinski definition) is 1. The number of furan rings is 1. The van der Waals surface area contributed by atoms with E-state index in [0.717, 1.165) is 67.2 Å². The monoisotopic (exact) mass is 657 g/mol. The summed E-state index contributed by atoms with van der Waals surface area (Å²) < 4.78 is 6.92. The van der Waals surface area contributed by atoms with Crippen molar-refractivity contribution >= 4 is 56.1 Å². The van der Waals surface area contributed by atoms with Gasteiger partial charge in [-0.05, 0) is 70.8 Å². The van der Waals surface area contributed by atoms with Gasteiger partial charge < -0.3 is 14.6 Å². The molecule has 244 valence electrons. The summed E-state index contributed by atoms with van der Waals surface area (Å²) in [7, 11) is 0. The summed E-state index contributed by atoms with van der Waals surface area (Å²) in [6.45, 7) is 4.65. The Bertz CT molecular complexity index is 2640. The predicted molar refractivity (Wildman–Crippen MR) is 212 cm³/mol. The Hall–Kier alpha value is -6.39. The summed E-state index contributed by atoms with van der Waals surface area (Å²) in [6, 6.07) is 49.6. The normalized spacial score (nSPS) is 16.8. The van der Waals surface area contributed by atoms with Crippen molar-refractivity contribution in [1.29, 1.82) is 0 Å². The number of allylic oxidation sites excluding steroid dienone is 2. The van der Waals surface area contributed by atoms with E-state index in [1.807, 2.05) is 12.1 Å². The molecule has 1 unspecified atom stereocenters. The van der Waals surface area contributed by atoms with Crippen LogP contribution >= 0.6 is 0 Å². The van der Waals surface area contributed by atoms with Gasteiger partial charge in [-0.2, -0.15) is 0 Å². The second-order valence-corrected chi connectivity index (χ2v) is 14.0. The molecular formula is C47H35N3O. The van der Waals surface area contributed by atoms with E-state index >= 15 is 0 Å². The number of nitrogens with zero attached hydrogens (tertiary/aromatic N) is 2. The zero-order valence-corrected chi connectivity index (χ0v) is 28.5. The highest BCUT2D eigenvalue weighted by molar-refractivity contribution is 6.18. The Kier molecular flexibility index (Phi) is 6.56. The molecule has 0 radical (unpaired) electrons. The van der Waals surface area contributed by atoms with E-state index in [9.17, 15) is 0 Å². The van der Waals surface area contributed by atoms with E-state index in [1.165, 1.54) is 22.3 Å². The van der Waals surface area contributed by atoms with Crippen molar-refractivity contribution < 1.29 is 4.42 Å². The Morgan fingerprint density at radius 3 is 2.27 bits per heavy atom. The van der Waals surface area contributed by atoms with E-state index in [-0.39, 0.29) is 11.5 Å². The van der Waals surface area contributed by atoms with Crippen LogP contribution in [-0.2, 0) is 5.41 Å². The highest BCUT2D eigenvalue weighted by atomic mass is 16.3. The maximum absolute atomic E-state index is 6.92. The van der Waals surface area contributed by atoms with E-state index in [2.05, 4.69) is 176 Å². The lowest BCUT2D eigenvalue weighted by molar-refractivity contribution is 0.660. The summed E-state index contributed by atoms with van der Waals surface area (Å²) in [5.74, 6) is 0. The van der Waals surface area contributed by atoms with Crippen molar-refractivity contribution in [3.8, 4) is 11.1 Å². The van der Waals surface area contributed by atoms with Crippen LogP contribution in [0.2, 0.25) is 0 Å². The number of rotatable bonds is 5. The molecule has 51 heavy (non-hydrogen) atoms. The Labute approximate surface area is 297 Å². The Morgan fingerprint density at radius 2 is 1.41 bits per heavy atom. The maximum Gasteiger partial charge on any atom is 0.160 e. The topological polar surface area (TPSA) is 40.8 Å². The molecule has 4 heteroatoms. The zero-order chi connectivity index (χ0) is 34.1. The van der Waals surface area contributed by atoms with Gasteiger partial charge in [-0.1, -0.05) is 129 Å². The van der Waals surface area contributed by atoms with Crippen molar-refractivity contribution in [3.05, 3.63) is 186 Å². The summed E-state index contributed by atoms with van der Waals surface area (Å²) in [6.07, 6.45) is 8.40. The van der Waals surface area contributed by atoms with Crippen LogP contribution in [0.3, 0.4) is 0 Å². The number of benzene rings is 6. The van der Waals surface area contributed by atoms with E-state index in [0.29, 0.717) is 0 Å². The summed E-state index contributed by atoms with van der Waals surface area (Å²) in [5, 5.41) is 6.00. The minimum Gasteiger partial charge on any atom is -0.454 e. The summed E-state index contributed by atoms with van der Waals surface area (Å²) in [4.78, 5) is 7.62. The molecule has 0 saturated carbocycles. The van der Waals surface area contributed by atoms with Gasteiger partial charge in [-0.25, -0.2) is 4.99 Å². The van der Waals surface area contributed by atoms with Gasteiger partial charge in [0, 0.05) is 38.7 Å². The van der Waals surface area contributed by atoms with Crippen LogP contribution in [0.4, 0.5) is 17.1 Å². The lowest BCUT2D eigenvalue weighted by Gasteiger charge is -2.29. The second kappa shape index (κ2) is 11.3. The SMILES string of the molecule is CC1(C)c2ccccc2-c2cc(N(c3ccccc3)c3ccc(C4=C(c5ccccc5)N=C5C=CC=CC5N4)c4c3oc3ccccc34)ccc21. The van der Waals surface area contributed by atoms with E-state index < -0.39 is 0 Å². The third-order valence-corrected chi connectivity index (χ3v) is 10.7. The molecular weight excluding hydrogens is 623 g/mol. The molecule has 1 aromatic heterocycles. The van der Waals surface area contributed by atoms with Gasteiger partial charge >= 0.3 is 0 Å². The molecule has 4 nitrogen and oxygen atoms in total. The minimum atomic E-state index is -0.0709. The first kappa shape index (κ1) is 29.5. The number of para-hydroxylation sites is 2. The molecule has 6 aromatic carbocycles. The molecule has 0 fully saturated rings. The Balaban J connectivity index is 1.24. The van der Waals surface area contributed by atoms with Crippen molar-refractivity contribution in [1.82, 2.24) is 5.32 Å². The van der Waals surface area contributed by atoms with Gasteiger partial charge in [-0.3, -0.25) is 0 Å². The van der Waals surface area contributed by atoms with Gasteiger partial charge in [0.15, 0.2) is 5.58 Å². The van der Waals surface area contributed by atoms with Crippen LogP contribution in [0.5, 0.6) is 0 Å². The smallest absolute Gasteiger partial charge is 0.160 e. The van der Waals surface area contributed by atoms with Crippen molar-refractivity contribution in [2.24, 2.45) is 4.99 Å². The zero-order valence-electron chi connectivity index (χ0n) is 28.5. The van der Waals surface area contributed by atoms with Gasteiger partial charge in [0.1, 0.15) is 5.58 Å². The first-order chi connectivity index (χ1) is 25.1. The Morgan fingerprint density at radius 1 is 0.667 bits per heavy atom. The molecule has 0 saturated heterocycles. The molecule has 7 aromatic rings. The molecule has 10 rings (SSSR count). The maximum atomic E-state index is 6.92. The molecule has 0 spiro atoms. The molecule has 2 heterocycles. The molecule has 3 aliphatic rings. The lowest BCUT2D eigenvalue weighted by atomic mass is 9.82. The van der Waals surface area contributed by atoms with E-state index in [1.54, 1.807) is 0 Å². The predicted octanol–water partition coefficient (Wildman–Crippen LogP) is 11.7. The van der Waals surface area contributed by atoms with Crippen molar-refractivity contribution in [2.45, 2.75) is 25.3 Å². The van der Waals surface area contributed by atoms with Crippen LogP contribution in [0, 0.1) is 0 Å². The lowest BCUT2D eigenvalue weighted by Crippen LogP contribution is -2.37. The standard InChI is InChI=1S/C47H35N3O/c1-47(2)37-21-11-9-19-33(37)36-29-32(25-27-38(36)47)50(31-17-7-4-8-18-31)41-28-26-35(43-34-20-10-14-24-42(34)51-46(41)43)45-44(30-15-5-3-6-16-30)48-39-22-12-13-23-40(39)49-45/h3-29,40,49H,1-2H3. The highest BCUT2D eigenvalue weighted by Gasteiger charge is 2.36. The number of fused-ring (bicyclic) bond motifs is 7. The number of hydrogen-bond acceptors (Lipinski definition) is 4. The number of nitrogens with one attached hydrogen (secondary N) is 1. The third-order valence-electron chi connectivity index (χ3n) is 10.7. The van der Waals surface area contributed by atoms with Crippen LogP contribution < -0.4 is 10.2 Å². The van der Waals surface area contributed by atoms with Crippen LogP contribution in [0.15, 0.2) is 173 Å². The van der Waals surface area contributed by atoms with Crippen LogP contribution in [-0.4, -0.2) is 11.8 Å². The first-order valence-electron chi connectivity index (χ1n) is 17.6. The molecule has 0 amide bonds. The van der Waals surface area contributed by atoms with Gasteiger partial charge in [0.2, 0.25) is 0 Å². The minimum absolute atomic E-state index is 0.0234. The van der Waals surface area contributed by atoms with Gasteiger partial charge in [-0.15, -0.1) is 0 Å². The van der Waals surface area contributed by atoms with Crippen molar-refractivity contribution in [3.63, 3.8) is 0 Å². The van der Waals surface area contributed by atoms with Crippen LogP contribution in [0.1, 0.15) is 36.1 Å². The first-order valence-corrected chi connectivity index (χ1v) is 17.6. The second-order valence-electron chi connectivity index (χ2n) is 14.0. The summed E-state index contributed by atoms with van der Waals surface area (Å²) >= 11 is 0. The fourth-order valence-electron chi connectivity index (χ4n) is 8.23. The fraction of sp³-hybridized carbons (Fsp3) is 0.0851. The quantitative estimate of drug-likeness (QED) is 0.200. The fourth-order valence-corrected chi connectivity index (χ4v) is 8.23. The highest BCUT2D eigenvalue weighted by Crippen LogP contribution is 2.52. The molecule has 1 atom stereocenters. The van der Waals surface area contributed by atoms with Crippen LogP contribution in [0.25, 0.3) is 44.5 Å². The van der Waals surface area contributed by atoms with Gasteiger partial charge in [0.05, 0.1) is 28.8 Å². The van der Waals surface area contributed by atoms with Crippen molar-refractivity contribution in [2.75, 3.05) is 4.90 Å². The average Bonchev–Trinajstić information content (AvgIpc) is 3.68. The molecule has 2 aliphatic carbocycles. The molecule has 1 N–H and O–H groups in total. The average molecular weight is 658 g/mol. The largest absolute Gasteiger partial charge is 0.454 e. The number of aliphatic imine (C=N–C) groups is 1.